The van der Waals surface area contributed by atoms with Gasteiger partial charge >= 0.3 is 12.0 Å². The van der Waals surface area contributed by atoms with Gasteiger partial charge in [-0.3, -0.25) is 4.79 Å². The van der Waals surface area contributed by atoms with Crippen molar-refractivity contribution in [1.29, 1.82) is 0 Å². The van der Waals surface area contributed by atoms with Crippen LogP contribution in [-0.4, -0.2) is 66.3 Å². The van der Waals surface area contributed by atoms with E-state index in [0.29, 0.717) is 5.92 Å². The lowest BCUT2D eigenvalue weighted by Gasteiger charge is -2.34. The van der Waals surface area contributed by atoms with E-state index in [1.54, 1.807) is 19.0 Å². The average Bonchev–Trinajstić information content (AvgIpc) is 2.84. The number of carboxylic acids is 1. The molecule has 6 heteroatoms. The molecule has 0 aromatic heterocycles. The molecule has 1 aliphatic rings. The van der Waals surface area contributed by atoms with E-state index in [-0.39, 0.29) is 25.3 Å². The second-order valence-corrected chi connectivity index (χ2v) is 6.03. The molecule has 0 spiro atoms. The average molecular weight is 286 g/mol. The molecule has 1 rings (SSSR count). The monoisotopic (exact) mass is 286 g/mol. The molecule has 1 saturated heterocycles. The van der Waals surface area contributed by atoms with E-state index < -0.39 is 17.9 Å². The first-order valence-corrected chi connectivity index (χ1v) is 7.05. The number of urea groups is 1. The van der Waals surface area contributed by atoms with Gasteiger partial charge < -0.3 is 19.6 Å². The molecule has 1 fully saturated rings. The van der Waals surface area contributed by atoms with Crippen LogP contribution in [0.15, 0.2) is 0 Å². The Labute approximate surface area is 120 Å². The molecule has 0 aromatic carbocycles. The highest BCUT2D eigenvalue weighted by Gasteiger charge is 2.39. The zero-order chi connectivity index (χ0) is 15.4. The Morgan fingerprint density at radius 3 is 2.35 bits per heavy atom. The minimum absolute atomic E-state index is 0.121. The second kappa shape index (κ2) is 6.92. The lowest BCUT2D eigenvalue weighted by molar-refractivity contribution is -0.142. The number of carbonyl (C=O) groups is 2. The van der Waals surface area contributed by atoms with Gasteiger partial charge in [0.05, 0.1) is 19.3 Å². The topological polar surface area (TPSA) is 70.1 Å². The van der Waals surface area contributed by atoms with E-state index >= 15 is 0 Å². The van der Waals surface area contributed by atoms with Gasteiger partial charge in [0, 0.05) is 20.1 Å². The summed E-state index contributed by atoms with van der Waals surface area (Å²) in [5, 5.41) is 9.15. The van der Waals surface area contributed by atoms with Crippen LogP contribution in [0.3, 0.4) is 0 Å². The number of nitrogens with zero attached hydrogens (tertiary/aromatic N) is 2. The van der Waals surface area contributed by atoms with Crippen LogP contribution in [0.1, 0.15) is 27.2 Å². The van der Waals surface area contributed by atoms with Gasteiger partial charge in [-0.2, -0.15) is 0 Å². The van der Waals surface area contributed by atoms with Crippen LogP contribution in [0.4, 0.5) is 4.79 Å². The molecule has 1 N–H and O–H groups in total. The van der Waals surface area contributed by atoms with Gasteiger partial charge in [0.15, 0.2) is 0 Å². The molecule has 3 atom stereocenters. The van der Waals surface area contributed by atoms with E-state index in [1.807, 2.05) is 6.92 Å². The SMILES string of the molecule is CC(C)CC(C)N(C)C(=O)N(C)C1COCC1C(=O)O. The first kappa shape index (κ1) is 16.8. The molecule has 116 valence electrons. The van der Waals surface area contributed by atoms with Crippen molar-refractivity contribution in [3.8, 4) is 0 Å². The minimum atomic E-state index is -0.912. The summed E-state index contributed by atoms with van der Waals surface area (Å²) in [6.45, 7) is 6.69. The van der Waals surface area contributed by atoms with E-state index in [4.69, 9.17) is 9.84 Å². The third kappa shape index (κ3) is 3.85. The van der Waals surface area contributed by atoms with Crippen molar-refractivity contribution < 1.29 is 19.4 Å². The maximum absolute atomic E-state index is 12.4. The van der Waals surface area contributed by atoms with Crippen LogP contribution < -0.4 is 0 Å². The Balaban J connectivity index is 2.68. The lowest BCUT2D eigenvalue weighted by atomic mass is 10.0. The number of hydrogen-bond donors (Lipinski definition) is 1. The normalized spacial score (nSPS) is 23.7. The summed E-state index contributed by atoms with van der Waals surface area (Å²) in [6.07, 6.45) is 0.916. The molecule has 0 bridgehead atoms. The fraction of sp³-hybridized carbons (Fsp3) is 0.857. The number of hydrogen-bond acceptors (Lipinski definition) is 3. The molecular weight excluding hydrogens is 260 g/mol. The molecule has 0 saturated carbocycles. The lowest BCUT2D eigenvalue weighted by Crippen LogP contribution is -2.51. The highest BCUT2D eigenvalue weighted by Crippen LogP contribution is 2.21. The van der Waals surface area contributed by atoms with E-state index in [0.717, 1.165) is 6.42 Å². The molecule has 0 radical (unpaired) electrons. The third-order valence-corrected chi connectivity index (χ3v) is 3.94. The predicted molar refractivity (Wildman–Crippen MR) is 75.6 cm³/mol. The number of carboxylic acid groups (broad SMARTS) is 1. The molecule has 3 unspecified atom stereocenters. The van der Waals surface area contributed by atoms with Crippen molar-refractivity contribution in [3.05, 3.63) is 0 Å². The van der Waals surface area contributed by atoms with Crippen molar-refractivity contribution in [2.24, 2.45) is 11.8 Å². The number of aliphatic carboxylic acids is 1. The van der Waals surface area contributed by atoms with Gasteiger partial charge in [0.1, 0.15) is 5.92 Å². The van der Waals surface area contributed by atoms with Gasteiger partial charge in [-0.15, -0.1) is 0 Å². The van der Waals surface area contributed by atoms with Crippen molar-refractivity contribution in [3.63, 3.8) is 0 Å². The summed E-state index contributed by atoms with van der Waals surface area (Å²) < 4.78 is 5.21. The number of amides is 2. The Morgan fingerprint density at radius 1 is 1.25 bits per heavy atom. The van der Waals surface area contributed by atoms with Gasteiger partial charge in [0.2, 0.25) is 0 Å². The van der Waals surface area contributed by atoms with Crippen LogP contribution in [0, 0.1) is 11.8 Å². The highest BCUT2D eigenvalue weighted by atomic mass is 16.5. The van der Waals surface area contributed by atoms with Crippen LogP contribution in [0.2, 0.25) is 0 Å². The summed E-state index contributed by atoms with van der Waals surface area (Å²) in [4.78, 5) is 26.8. The third-order valence-electron chi connectivity index (χ3n) is 3.94. The summed E-state index contributed by atoms with van der Waals surface area (Å²) >= 11 is 0. The Kier molecular flexibility index (Phi) is 5.80. The van der Waals surface area contributed by atoms with Crippen molar-refractivity contribution in [1.82, 2.24) is 9.80 Å². The van der Waals surface area contributed by atoms with Crippen molar-refractivity contribution >= 4 is 12.0 Å². The maximum atomic E-state index is 12.4. The zero-order valence-electron chi connectivity index (χ0n) is 13.0. The van der Waals surface area contributed by atoms with Crippen molar-refractivity contribution in [2.75, 3.05) is 27.3 Å². The van der Waals surface area contributed by atoms with E-state index in [2.05, 4.69) is 13.8 Å². The first-order valence-electron chi connectivity index (χ1n) is 7.05. The van der Waals surface area contributed by atoms with Crippen LogP contribution >= 0.6 is 0 Å². The standard InChI is InChI=1S/C14H26N2O4/c1-9(2)6-10(3)15(4)14(19)16(5)12-8-20-7-11(12)13(17)18/h9-12H,6-8H2,1-5H3,(H,17,18). The van der Waals surface area contributed by atoms with Crippen LogP contribution in [-0.2, 0) is 9.53 Å². The largest absolute Gasteiger partial charge is 0.481 e. The molecule has 1 heterocycles. The molecule has 20 heavy (non-hydrogen) atoms. The quantitative estimate of drug-likeness (QED) is 0.831. The van der Waals surface area contributed by atoms with Crippen LogP contribution in [0.25, 0.3) is 0 Å². The second-order valence-electron chi connectivity index (χ2n) is 6.03. The van der Waals surface area contributed by atoms with E-state index in [9.17, 15) is 9.59 Å². The first-order chi connectivity index (χ1) is 9.25. The smallest absolute Gasteiger partial charge is 0.320 e. The minimum Gasteiger partial charge on any atom is -0.481 e. The Hall–Kier alpha value is -1.30. The number of carbonyl (C=O) groups excluding carboxylic acids is 1. The molecule has 0 aliphatic carbocycles. The Morgan fingerprint density at radius 2 is 1.85 bits per heavy atom. The summed E-state index contributed by atoms with van der Waals surface area (Å²) in [7, 11) is 3.41. The maximum Gasteiger partial charge on any atom is 0.320 e. The summed E-state index contributed by atoms with van der Waals surface area (Å²) in [6, 6.07) is -0.427. The number of rotatable bonds is 5. The summed E-state index contributed by atoms with van der Waals surface area (Å²) in [5.41, 5.74) is 0. The highest BCUT2D eigenvalue weighted by molar-refractivity contribution is 5.77. The van der Waals surface area contributed by atoms with Gasteiger partial charge in [0.25, 0.3) is 0 Å². The van der Waals surface area contributed by atoms with Crippen molar-refractivity contribution in [2.45, 2.75) is 39.3 Å². The van der Waals surface area contributed by atoms with Gasteiger partial charge in [-0.25, -0.2) is 4.79 Å². The molecule has 6 nitrogen and oxygen atoms in total. The summed E-state index contributed by atoms with van der Waals surface area (Å²) in [5.74, 6) is -1.05. The predicted octanol–water partition coefficient (Wildman–Crippen LogP) is 1.50. The molecule has 1 aliphatic heterocycles. The molecule has 0 aromatic rings. The molecular formula is C14H26N2O4. The Bertz CT molecular complexity index is 359. The zero-order valence-corrected chi connectivity index (χ0v) is 13.0. The van der Waals surface area contributed by atoms with E-state index in [1.165, 1.54) is 4.90 Å². The molecule has 2 amide bonds. The number of likely N-dealkylation sites (N-methyl/N-ethyl adjacent to an activating group) is 1. The fourth-order valence-corrected chi connectivity index (χ4v) is 2.58. The fourth-order valence-electron chi connectivity index (χ4n) is 2.58. The van der Waals surface area contributed by atoms with Gasteiger partial charge in [-0.1, -0.05) is 13.8 Å². The number of ether oxygens (including phenoxy) is 1. The van der Waals surface area contributed by atoms with Crippen LogP contribution in [0.5, 0.6) is 0 Å². The van der Waals surface area contributed by atoms with Gasteiger partial charge in [-0.05, 0) is 19.3 Å².